The summed E-state index contributed by atoms with van der Waals surface area (Å²) in [5, 5.41) is 2.98. The summed E-state index contributed by atoms with van der Waals surface area (Å²) in [6.07, 6.45) is 7.25. The van der Waals surface area contributed by atoms with Gasteiger partial charge in [-0.1, -0.05) is 46.5 Å². The molecule has 1 unspecified atom stereocenters. The van der Waals surface area contributed by atoms with Crippen LogP contribution in [0.5, 0.6) is 0 Å². The highest BCUT2D eigenvalue weighted by atomic mass is 16.2. The first-order chi connectivity index (χ1) is 8.49. The summed E-state index contributed by atoms with van der Waals surface area (Å²) in [5.41, 5.74) is 5.84. The van der Waals surface area contributed by atoms with E-state index in [0.29, 0.717) is 5.92 Å². The second kappa shape index (κ2) is 7.78. The Kier molecular flexibility index (Phi) is 6.69. The largest absolute Gasteiger partial charge is 0.355 e. The lowest BCUT2D eigenvalue weighted by molar-refractivity contribution is -0.122. The highest BCUT2D eigenvalue weighted by Gasteiger charge is 2.19. The van der Waals surface area contributed by atoms with Crippen molar-refractivity contribution >= 4 is 5.91 Å². The second-order valence-electron chi connectivity index (χ2n) is 6.44. The smallest absolute Gasteiger partial charge is 0.236 e. The molecule has 1 aliphatic carbocycles. The van der Waals surface area contributed by atoms with Crippen LogP contribution in [-0.2, 0) is 4.79 Å². The molecule has 0 radical (unpaired) electrons. The number of hydrogen-bond donors (Lipinski definition) is 2. The van der Waals surface area contributed by atoms with Gasteiger partial charge in [0.2, 0.25) is 5.91 Å². The fourth-order valence-electron chi connectivity index (χ4n) is 2.76. The van der Waals surface area contributed by atoms with E-state index in [1.807, 2.05) is 0 Å². The fourth-order valence-corrected chi connectivity index (χ4v) is 2.76. The molecule has 3 heteroatoms. The van der Waals surface area contributed by atoms with Crippen molar-refractivity contribution in [3.63, 3.8) is 0 Å². The quantitative estimate of drug-likeness (QED) is 0.765. The molecule has 106 valence electrons. The highest BCUT2D eigenvalue weighted by molar-refractivity contribution is 5.81. The first-order valence-corrected chi connectivity index (χ1v) is 7.52. The van der Waals surface area contributed by atoms with Crippen LogP contribution in [0.1, 0.15) is 59.3 Å². The molecule has 3 nitrogen and oxygen atoms in total. The number of nitrogens with two attached hydrogens (primary N) is 1. The highest BCUT2D eigenvalue weighted by Crippen LogP contribution is 2.29. The molecule has 1 aliphatic rings. The monoisotopic (exact) mass is 254 g/mol. The third kappa shape index (κ3) is 5.85. The molecule has 18 heavy (non-hydrogen) atoms. The number of amides is 1. The Morgan fingerprint density at radius 3 is 2.44 bits per heavy atom. The van der Waals surface area contributed by atoms with Gasteiger partial charge in [0.15, 0.2) is 0 Å². The van der Waals surface area contributed by atoms with Crippen molar-refractivity contribution < 1.29 is 4.79 Å². The molecule has 0 aromatic heterocycles. The van der Waals surface area contributed by atoms with Crippen LogP contribution < -0.4 is 11.1 Å². The van der Waals surface area contributed by atoms with Gasteiger partial charge in [-0.25, -0.2) is 0 Å². The summed E-state index contributed by atoms with van der Waals surface area (Å²) in [7, 11) is 0. The average Bonchev–Trinajstić information content (AvgIpc) is 2.30. The zero-order chi connectivity index (χ0) is 13.5. The number of carbonyl (C=O) groups excluding carboxylic acids is 1. The number of hydrogen-bond acceptors (Lipinski definition) is 2. The summed E-state index contributed by atoms with van der Waals surface area (Å²) < 4.78 is 0. The number of nitrogens with one attached hydrogen (secondary N) is 1. The molecular weight excluding hydrogens is 224 g/mol. The van der Waals surface area contributed by atoms with E-state index in [1.54, 1.807) is 0 Å². The Balaban J connectivity index is 2.11. The van der Waals surface area contributed by atoms with Gasteiger partial charge in [0.1, 0.15) is 0 Å². The van der Waals surface area contributed by atoms with Gasteiger partial charge in [-0.05, 0) is 30.6 Å². The molecule has 1 fully saturated rings. The van der Waals surface area contributed by atoms with Crippen LogP contribution in [0.15, 0.2) is 0 Å². The third-order valence-corrected chi connectivity index (χ3v) is 4.05. The van der Waals surface area contributed by atoms with E-state index in [-0.39, 0.29) is 11.9 Å². The van der Waals surface area contributed by atoms with Gasteiger partial charge in [0.05, 0.1) is 6.04 Å². The Bertz CT molecular complexity index is 245. The summed E-state index contributed by atoms with van der Waals surface area (Å²) in [6, 6.07) is -0.337. The lowest BCUT2D eigenvalue weighted by Gasteiger charge is -2.26. The molecule has 0 spiro atoms. The van der Waals surface area contributed by atoms with E-state index in [9.17, 15) is 4.79 Å². The lowest BCUT2D eigenvalue weighted by atomic mass is 9.81. The standard InChI is InChI=1S/C15H30N2O/c1-11(2)10-14(16)15(18)17-9-8-13-6-4-12(3)5-7-13/h11-14H,4-10,16H2,1-3H3,(H,17,18). The Morgan fingerprint density at radius 1 is 1.28 bits per heavy atom. The molecule has 0 bridgehead atoms. The van der Waals surface area contributed by atoms with E-state index >= 15 is 0 Å². The van der Waals surface area contributed by atoms with Crippen LogP contribution in [0.25, 0.3) is 0 Å². The van der Waals surface area contributed by atoms with Crippen LogP contribution in [0.3, 0.4) is 0 Å². The van der Waals surface area contributed by atoms with Crippen molar-refractivity contribution in [3.8, 4) is 0 Å². The molecule has 1 amide bonds. The zero-order valence-electron chi connectivity index (χ0n) is 12.2. The average molecular weight is 254 g/mol. The molecule has 1 atom stereocenters. The van der Waals surface area contributed by atoms with Crippen molar-refractivity contribution in [2.24, 2.45) is 23.5 Å². The molecule has 0 aromatic rings. The summed E-state index contributed by atoms with van der Waals surface area (Å²) in [4.78, 5) is 11.7. The molecule has 1 rings (SSSR count). The molecule has 0 aliphatic heterocycles. The minimum absolute atomic E-state index is 0.0212. The second-order valence-corrected chi connectivity index (χ2v) is 6.44. The van der Waals surface area contributed by atoms with Crippen molar-refractivity contribution in [2.75, 3.05) is 6.54 Å². The van der Waals surface area contributed by atoms with Gasteiger partial charge >= 0.3 is 0 Å². The Labute approximate surface area is 112 Å². The predicted octanol–water partition coefficient (Wildman–Crippen LogP) is 2.69. The van der Waals surface area contributed by atoms with Crippen LogP contribution in [-0.4, -0.2) is 18.5 Å². The van der Waals surface area contributed by atoms with E-state index in [4.69, 9.17) is 5.73 Å². The van der Waals surface area contributed by atoms with Gasteiger partial charge in [-0.15, -0.1) is 0 Å². The van der Waals surface area contributed by atoms with Crippen molar-refractivity contribution in [1.29, 1.82) is 0 Å². The van der Waals surface area contributed by atoms with E-state index in [0.717, 1.165) is 31.2 Å². The van der Waals surface area contributed by atoms with Crippen molar-refractivity contribution in [1.82, 2.24) is 5.32 Å². The molecule has 0 aromatic carbocycles. The molecule has 0 saturated heterocycles. The molecular formula is C15H30N2O. The predicted molar refractivity (Wildman–Crippen MR) is 76.2 cm³/mol. The van der Waals surface area contributed by atoms with E-state index in [1.165, 1.54) is 25.7 Å². The van der Waals surface area contributed by atoms with Crippen LogP contribution in [0.4, 0.5) is 0 Å². The Hall–Kier alpha value is -0.570. The fraction of sp³-hybridized carbons (Fsp3) is 0.933. The molecule has 1 saturated carbocycles. The maximum atomic E-state index is 11.7. The lowest BCUT2D eigenvalue weighted by Crippen LogP contribution is -2.42. The number of carbonyl (C=O) groups is 1. The van der Waals surface area contributed by atoms with Gasteiger partial charge in [0, 0.05) is 6.54 Å². The van der Waals surface area contributed by atoms with Crippen LogP contribution in [0.2, 0.25) is 0 Å². The maximum absolute atomic E-state index is 11.7. The van der Waals surface area contributed by atoms with Crippen LogP contribution in [0, 0.1) is 17.8 Å². The minimum Gasteiger partial charge on any atom is -0.355 e. The Morgan fingerprint density at radius 2 is 1.89 bits per heavy atom. The summed E-state index contributed by atoms with van der Waals surface area (Å²) in [5.74, 6) is 2.21. The van der Waals surface area contributed by atoms with Crippen molar-refractivity contribution in [2.45, 2.75) is 65.3 Å². The van der Waals surface area contributed by atoms with Gasteiger partial charge in [0.25, 0.3) is 0 Å². The van der Waals surface area contributed by atoms with Gasteiger partial charge < -0.3 is 11.1 Å². The molecule has 3 N–H and O–H groups in total. The van der Waals surface area contributed by atoms with Gasteiger partial charge in [-0.2, -0.15) is 0 Å². The topological polar surface area (TPSA) is 55.1 Å². The summed E-state index contributed by atoms with van der Waals surface area (Å²) in [6.45, 7) is 7.32. The first-order valence-electron chi connectivity index (χ1n) is 7.52. The van der Waals surface area contributed by atoms with Gasteiger partial charge in [-0.3, -0.25) is 4.79 Å². The number of rotatable bonds is 6. The van der Waals surface area contributed by atoms with Crippen LogP contribution >= 0.6 is 0 Å². The SMILES string of the molecule is CC(C)CC(N)C(=O)NCCC1CCC(C)CC1. The molecule has 0 heterocycles. The van der Waals surface area contributed by atoms with Crippen molar-refractivity contribution in [3.05, 3.63) is 0 Å². The van der Waals surface area contributed by atoms with E-state index < -0.39 is 0 Å². The zero-order valence-corrected chi connectivity index (χ0v) is 12.2. The minimum atomic E-state index is -0.337. The normalized spacial score (nSPS) is 26.1. The third-order valence-electron chi connectivity index (χ3n) is 4.05. The summed E-state index contributed by atoms with van der Waals surface area (Å²) >= 11 is 0. The first kappa shape index (κ1) is 15.5. The van der Waals surface area contributed by atoms with E-state index in [2.05, 4.69) is 26.1 Å². The maximum Gasteiger partial charge on any atom is 0.236 e.